The SMILES string of the molecule is CN(C)C(=O)N1CCN(C[C@@H]2OC(=O)N(c3ccc(Cl)c(Cl)c3)[C@H]2c2cccc(F)c2)CC1. The Kier molecular flexibility index (Phi) is 6.97. The molecule has 2 heterocycles. The van der Waals surface area contributed by atoms with Crippen LogP contribution in [0.1, 0.15) is 11.6 Å². The standard InChI is InChI=1S/C23H25Cl2FN4O3/c1-27(2)22(31)29-10-8-28(9-11-29)14-20-21(15-4-3-5-16(26)12-15)30(23(32)33-20)17-6-7-18(24)19(25)13-17/h3-7,12-13,20-21H,8-11,14H2,1-2H3/t20-,21-/m0/s1. The number of anilines is 1. The van der Waals surface area contributed by atoms with Crippen LogP contribution in [0.2, 0.25) is 10.0 Å². The van der Waals surface area contributed by atoms with Crippen LogP contribution >= 0.6 is 23.2 Å². The zero-order valence-corrected chi connectivity index (χ0v) is 19.9. The summed E-state index contributed by atoms with van der Waals surface area (Å²) in [5, 5.41) is 0.682. The van der Waals surface area contributed by atoms with Crippen molar-refractivity contribution in [1.82, 2.24) is 14.7 Å². The quantitative estimate of drug-likeness (QED) is 0.627. The number of nitrogens with zero attached hydrogens (tertiary/aromatic N) is 4. The van der Waals surface area contributed by atoms with Crippen molar-refractivity contribution in [1.29, 1.82) is 0 Å². The van der Waals surface area contributed by atoms with Crippen LogP contribution < -0.4 is 4.90 Å². The van der Waals surface area contributed by atoms with Crippen molar-refractivity contribution in [3.05, 3.63) is 63.9 Å². The first-order valence-electron chi connectivity index (χ1n) is 10.6. The van der Waals surface area contributed by atoms with Crippen LogP contribution in [0, 0.1) is 5.82 Å². The number of benzene rings is 2. The zero-order chi connectivity index (χ0) is 23.7. The molecule has 0 aliphatic carbocycles. The molecule has 2 aliphatic heterocycles. The van der Waals surface area contributed by atoms with E-state index >= 15 is 0 Å². The lowest BCUT2D eigenvalue weighted by Gasteiger charge is -2.37. The maximum Gasteiger partial charge on any atom is 0.415 e. The summed E-state index contributed by atoms with van der Waals surface area (Å²) in [7, 11) is 3.46. The summed E-state index contributed by atoms with van der Waals surface area (Å²) in [6.07, 6.45) is -1.07. The molecule has 0 radical (unpaired) electrons. The molecule has 0 bridgehead atoms. The topological polar surface area (TPSA) is 56.3 Å². The molecule has 3 amide bonds. The molecule has 33 heavy (non-hydrogen) atoms. The summed E-state index contributed by atoms with van der Waals surface area (Å²) < 4.78 is 19.9. The van der Waals surface area contributed by atoms with Gasteiger partial charge in [0.15, 0.2) is 0 Å². The number of hydrogen-bond donors (Lipinski definition) is 0. The van der Waals surface area contributed by atoms with Crippen molar-refractivity contribution >= 4 is 41.0 Å². The number of ether oxygens (including phenoxy) is 1. The molecular weight excluding hydrogens is 470 g/mol. The summed E-state index contributed by atoms with van der Waals surface area (Å²) in [6.45, 7) is 2.92. The van der Waals surface area contributed by atoms with Gasteiger partial charge in [-0.25, -0.2) is 14.0 Å². The number of hydrogen-bond acceptors (Lipinski definition) is 4. The van der Waals surface area contributed by atoms with Crippen molar-refractivity contribution < 1.29 is 18.7 Å². The largest absolute Gasteiger partial charge is 0.442 e. The first-order valence-corrected chi connectivity index (χ1v) is 11.4. The number of rotatable bonds is 4. The number of carbonyl (C=O) groups excluding carboxylic acids is 2. The third-order valence-electron chi connectivity index (χ3n) is 5.91. The average molecular weight is 495 g/mol. The third-order valence-corrected chi connectivity index (χ3v) is 6.65. The number of halogens is 3. The van der Waals surface area contributed by atoms with Crippen molar-refractivity contribution in [2.24, 2.45) is 0 Å². The molecule has 176 valence electrons. The van der Waals surface area contributed by atoms with E-state index in [9.17, 15) is 14.0 Å². The monoisotopic (exact) mass is 494 g/mol. The fourth-order valence-corrected chi connectivity index (χ4v) is 4.57. The van der Waals surface area contributed by atoms with Crippen LogP contribution in [0.3, 0.4) is 0 Å². The minimum Gasteiger partial charge on any atom is -0.442 e. The summed E-state index contributed by atoms with van der Waals surface area (Å²) in [6, 6.07) is 10.5. The van der Waals surface area contributed by atoms with Crippen LogP contribution in [0.25, 0.3) is 0 Å². The Balaban J connectivity index is 1.57. The number of piperazine rings is 1. The third kappa shape index (κ3) is 5.03. The second-order valence-electron chi connectivity index (χ2n) is 8.36. The summed E-state index contributed by atoms with van der Waals surface area (Å²) in [4.78, 5) is 32.2. The van der Waals surface area contributed by atoms with Crippen LogP contribution in [0.4, 0.5) is 19.7 Å². The second-order valence-corrected chi connectivity index (χ2v) is 9.17. The van der Waals surface area contributed by atoms with Crippen LogP contribution in [0.5, 0.6) is 0 Å². The van der Waals surface area contributed by atoms with Gasteiger partial charge in [-0.2, -0.15) is 0 Å². The normalized spacial score (nSPS) is 21.3. The highest BCUT2D eigenvalue weighted by molar-refractivity contribution is 6.42. The van der Waals surface area contributed by atoms with Crippen molar-refractivity contribution in [2.75, 3.05) is 51.7 Å². The van der Waals surface area contributed by atoms with Gasteiger partial charge in [0.05, 0.1) is 10.0 Å². The highest BCUT2D eigenvalue weighted by Crippen LogP contribution is 2.40. The first-order chi connectivity index (χ1) is 15.7. The smallest absolute Gasteiger partial charge is 0.415 e. The number of amides is 3. The minimum atomic E-state index is -0.549. The molecule has 7 nitrogen and oxygen atoms in total. The van der Waals surface area contributed by atoms with Crippen LogP contribution in [-0.2, 0) is 4.74 Å². The predicted molar refractivity (Wildman–Crippen MR) is 125 cm³/mol. The van der Waals surface area contributed by atoms with Crippen LogP contribution in [-0.4, -0.2) is 79.7 Å². The van der Waals surface area contributed by atoms with E-state index in [-0.39, 0.29) is 6.03 Å². The molecule has 0 unspecified atom stereocenters. The molecule has 0 N–H and O–H groups in total. The molecule has 2 fully saturated rings. The lowest BCUT2D eigenvalue weighted by Crippen LogP contribution is -2.53. The maximum absolute atomic E-state index is 14.1. The number of urea groups is 1. The Labute approximate surface area is 202 Å². The zero-order valence-electron chi connectivity index (χ0n) is 18.4. The van der Waals surface area contributed by atoms with Gasteiger partial charge in [0.25, 0.3) is 0 Å². The minimum absolute atomic E-state index is 0.0228. The van der Waals surface area contributed by atoms with Crippen LogP contribution in [0.15, 0.2) is 42.5 Å². The van der Waals surface area contributed by atoms with E-state index in [2.05, 4.69) is 4.90 Å². The first kappa shape index (κ1) is 23.6. The van der Waals surface area contributed by atoms with E-state index in [1.807, 2.05) is 0 Å². The summed E-state index contributed by atoms with van der Waals surface area (Å²) in [5.41, 5.74) is 1.14. The Hall–Kier alpha value is -2.55. The van der Waals surface area contributed by atoms with E-state index < -0.39 is 24.1 Å². The highest BCUT2D eigenvalue weighted by atomic mass is 35.5. The Morgan fingerprint density at radius 1 is 1.09 bits per heavy atom. The molecule has 2 aromatic rings. The van der Waals surface area contributed by atoms with Gasteiger partial charge in [-0.15, -0.1) is 0 Å². The second kappa shape index (κ2) is 9.75. The average Bonchev–Trinajstić information content (AvgIpc) is 3.11. The van der Waals surface area contributed by atoms with E-state index in [0.29, 0.717) is 54.0 Å². The molecule has 10 heteroatoms. The fraction of sp³-hybridized carbons (Fsp3) is 0.391. The van der Waals surface area contributed by atoms with Gasteiger partial charge in [-0.1, -0.05) is 35.3 Å². The summed E-state index contributed by atoms with van der Waals surface area (Å²) >= 11 is 12.3. The molecule has 0 saturated carbocycles. The Morgan fingerprint density at radius 3 is 2.45 bits per heavy atom. The van der Waals surface area contributed by atoms with Gasteiger partial charge in [-0.05, 0) is 35.9 Å². The predicted octanol–water partition coefficient (Wildman–Crippen LogP) is 4.50. The number of carbonyl (C=O) groups is 2. The molecule has 2 saturated heterocycles. The number of cyclic esters (lactones) is 1. The lowest BCUT2D eigenvalue weighted by molar-refractivity contribution is 0.0710. The van der Waals surface area contributed by atoms with Gasteiger partial charge in [0.2, 0.25) is 0 Å². The molecule has 2 atom stereocenters. The van der Waals surface area contributed by atoms with E-state index in [4.69, 9.17) is 27.9 Å². The molecule has 0 spiro atoms. The van der Waals surface area contributed by atoms with Gasteiger partial charge in [0, 0.05) is 52.5 Å². The van der Waals surface area contributed by atoms with E-state index in [0.717, 1.165) is 0 Å². The van der Waals surface area contributed by atoms with Crippen molar-refractivity contribution in [2.45, 2.75) is 12.1 Å². The van der Waals surface area contributed by atoms with Gasteiger partial charge in [0.1, 0.15) is 18.0 Å². The van der Waals surface area contributed by atoms with Crippen molar-refractivity contribution in [3.8, 4) is 0 Å². The Morgan fingerprint density at radius 2 is 1.82 bits per heavy atom. The molecule has 4 rings (SSSR count). The fourth-order valence-electron chi connectivity index (χ4n) is 4.28. The molecular formula is C23H25Cl2FN4O3. The molecule has 2 aromatic carbocycles. The summed E-state index contributed by atoms with van der Waals surface area (Å²) in [5.74, 6) is -0.393. The maximum atomic E-state index is 14.1. The molecule has 2 aliphatic rings. The highest BCUT2D eigenvalue weighted by Gasteiger charge is 2.44. The van der Waals surface area contributed by atoms with E-state index in [1.165, 1.54) is 17.0 Å². The lowest BCUT2D eigenvalue weighted by atomic mass is 9.99. The van der Waals surface area contributed by atoms with Gasteiger partial charge >= 0.3 is 12.1 Å². The Bertz CT molecular complexity index is 1050. The van der Waals surface area contributed by atoms with Crippen molar-refractivity contribution in [3.63, 3.8) is 0 Å². The van der Waals surface area contributed by atoms with Gasteiger partial charge in [-0.3, -0.25) is 9.80 Å². The van der Waals surface area contributed by atoms with E-state index in [1.54, 1.807) is 54.2 Å². The molecule has 0 aromatic heterocycles. The van der Waals surface area contributed by atoms with Gasteiger partial charge < -0.3 is 14.5 Å².